The van der Waals surface area contributed by atoms with Gasteiger partial charge in [0, 0.05) is 0 Å². The van der Waals surface area contributed by atoms with Gasteiger partial charge in [0.05, 0.1) is 0 Å². The third-order valence-corrected chi connectivity index (χ3v) is 4.06. The summed E-state index contributed by atoms with van der Waals surface area (Å²) in [6, 6.07) is 13.4. The largest absolute Gasteiger partial charge is 0.0616 e. The van der Waals surface area contributed by atoms with E-state index in [9.17, 15) is 0 Å². The maximum atomic E-state index is 2.37. The maximum absolute atomic E-state index is 2.37. The van der Waals surface area contributed by atoms with Gasteiger partial charge in [0.25, 0.3) is 0 Å². The molecule has 2 aromatic rings. The molecule has 3 rings (SSSR count). The molecule has 0 radical (unpaired) electrons. The van der Waals surface area contributed by atoms with Crippen molar-refractivity contribution in [2.45, 2.75) is 38.5 Å². The lowest BCUT2D eigenvalue weighted by Crippen LogP contribution is -2.11. The van der Waals surface area contributed by atoms with E-state index in [1.165, 1.54) is 23.6 Å². The molecule has 0 heterocycles. The lowest BCUT2D eigenvalue weighted by atomic mass is 9.76. The Labute approximate surface area is 97.3 Å². The van der Waals surface area contributed by atoms with Gasteiger partial charge in [-0.25, -0.2) is 0 Å². The lowest BCUT2D eigenvalue weighted by molar-refractivity contribution is 0.531. The number of hydrogen-bond donors (Lipinski definition) is 0. The molecule has 0 spiro atoms. The molecule has 1 aliphatic carbocycles. The maximum Gasteiger partial charge on any atom is -0.0146 e. The Morgan fingerprint density at radius 1 is 0.875 bits per heavy atom. The number of benzene rings is 2. The first-order valence-corrected chi connectivity index (χ1v) is 6.29. The van der Waals surface area contributed by atoms with Crippen LogP contribution in [0.2, 0.25) is 0 Å². The van der Waals surface area contributed by atoms with E-state index in [0.29, 0.717) is 0 Å². The van der Waals surface area contributed by atoms with E-state index >= 15 is 0 Å². The summed E-state index contributed by atoms with van der Waals surface area (Å²) in [5, 5.41) is 2.86. The number of fused-ring (bicyclic) bond motifs is 3. The Bertz CT molecular complexity index is 525. The zero-order valence-corrected chi connectivity index (χ0v) is 10.0. The van der Waals surface area contributed by atoms with Crippen LogP contribution in [0.4, 0.5) is 0 Å². The highest BCUT2D eigenvalue weighted by Gasteiger charge is 2.23. The Hall–Kier alpha value is -1.30. The van der Waals surface area contributed by atoms with Gasteiger partial charge in [-0.1, -0.05) is 50.2 Å². The van der Waals surface area contributed by atoms with Crippen molar-refractivity contribution >= 4 is 10.8 Å². The van der Waals surface area contributed by atoms with E-state index in [0.717, 1.165) is 11.8 Å². The molecule has 0 aromatic heterocycles. The van der Waals surface area contributed by atoms with Gasteiger partial charge >= 0.3 is 0 Å². The van der Waals surface area contributed by atoms with Gasteiger partial charge in [0.1, 0.15) is 0 Å². The predicted molar refractivity (Wildman–Crippen MR) is 70.0 cm³/mol. The third-order valence-electron chi connectivity index (χ3n) is 4.06. The zero-order chi connectivity index (χ0) is 11.1. The highest BCUT2D eigenvalue weighted by atomic mass is 14.3. The quantitative estimate of drug-likeness (QED) is 0.583. The van der Waals surface area contributed by atoms with Crippen LogP contribution in [0, 0.1) is 0 Å². The number of rotatable bonds is 0. The van der Waals surface area contributed by atoms with Gasteiger partial charge in [0.15, 0.2) is 0 Å². The van der Waals surface area contributed by atoms with Gasteiger partial charge in [0.2, 0.25) is 0 Å². The molecule has 0 amide bonds. The third kappa shape index (κ3) is 1.36. The van der Waals surface area contributed by atoms with Gasteiger partial charge in [-0.2, -0.15) is 0 Å². The average Bonchev–Trinajstić information content (AvgIpc) is 2.33. The van der Waals surface area contributed by atoms with Crippen LogP contribution in [-0.4, -0.2) is 0 Å². The molecule has 0 heteroatoms. The monoisotopic (exact) mass is 210 g/mol. The smallest absolute Gasteiger partial charge is 0.0146 e. The Balaban J connectivity index is 2.35. The van der Waals surface area contributed by atoms with Crippen LogP contribution in [-0.2, 0) is 0 Å². The van der Waals surface area contributed by atoms with Crippen LogP contribution in [0.25, 0.3) is 10.8 Å². The molecule has 0 unspecified atom stereocenters. The first-order chi connectivity index (χ1) is 7.77. The summed E-state index contributed by atoms with van der Waals surface area (Å²) in [5.41, 5.74) is 3.19. The second kappa shape index (κ2) is 3.62. The molecule has 2 atom stereocenters. The summed E-state index contributed by atoms with van der Waals surface area (Å²) >= 11 is 0. The Morgan fingerprint density at radius 2 is 1.62 bits per heavy atom. The SMILES string of the molecule is C[C@H]1CC[C@H](C)c2c1ccc1ccccc21. The molecule has 0 fully saturated rings. The van der Waals surface area contributed by atoms with E-state index in [-0.39, 0.29) is 0 Å². The van der Waals surface area contributed by atoms with Crippen molar-refractivity contribution in [3.8, 4) is 0 Å². The molecular formula is C16H18. The summed E-state index contributed by atoms with van der Waals surface area (Å²) in [4.78, 5) is 0. The van der Waals surface area contributed by atoms with Crippen molar-refractivity contribution in [3.05, 3.63) is 47.5 Å². The highest BCUT2D eigenvalue weighted by Crippen LogP contribution is 2.41. The zero-order valence-electron chi connectivity index (χ0n) is 10.0. The van der Waals surface area contributed by atoms with E-state index in [2.05, 4.69) is 50.2 Å². The summed E-state index contributed by atoms with van der Waals surface area (Å²) in [6.45, 7) is 4.73. The molecule has 0 saturated carbocycles. The molecule has 0 N–H and O–H groups in total. The van der Waals surface area contributed by atoms with Crippen LogP contribution < -0.4 is 0 Å². The van der Waals surface area contributed by atoms with E-state index in [4.69, 9.17) is 0 Å². The van der Waals surface area contributed by atoms with E-state index in [1.54, 1.807) is 11.1 Å². The molecule has 82 valence electrons. The van der Waals surface area contributed by atoms with Gasteiger partial charge in [-0.3, -0.25) is 0 Å². The Morgan fingerprint density at radius 3 is 2.50 bits per heavy atom. The highest BCUT2D eigenvalue weighted by molar-refractivity contribution is 5.87. The summed E-state index contributed by atoms with van der Waals surface area (Å²) in [5.74, 6) is 1.45. The van der Waals surface area contributed by atoms with Crippen molar-refractivity contribution in [1.82, 2.24) is 0 Å². The van der Waals surface area contributed by atoms with E-state index in [1.807, 2.05) is 0 Å². The second-order valence-corrected chi connectivity index (χ2v) is 5.17. The molecule has 16 heavy (non-hydrogen) atoms. The van der Waals surface area contributed by atoms with Gasteiger partial charge < -0.3 is 0 Å². The molecule has 0 nitrogen and oxygen atoms in total. The fourth-order valence-corrected chi connectivity index (χ4v) is 3.09. The van der Waals surface area contributed by atoms with Gasteiger partial charge in [-0.15, -0.1) is 0 Å². The Kier molecular flexibility index (Phi) is 2.24. The fraction of sp³-hybridized carbons (Fsp3) is 0.375. The molecule has 1 aliphatic rings. The molecule has 0 saturated heterocycles. The van der Waals surface area contributed by atoms with Gasteiger partial charge in [-0.05, 0) is 46.6 Å². The van der Waals surface area contributed by atoms with Crippen LogP contribution >= 0.6 is 0 Å². The topological polar surface area (TPSA) is 0 Å². The molecule has 0 aliphatic heterocycles. The predicted octanol–water partition coefficient (Wildman–Crippen LogP) is 4.84. The van der Waals surface area contributed by atoms with Crippen LogP contribution in [0.15, 0.2) is 36.4 Å². The van der Waals surface area contributed by atoms with Crippen molar-refractivity contribution in [3.63, 3.8) is 0 Å². The lowest BCUT2D eigenvalue weighted by Gasteiger charge is -2.29. The molecular weight excluding hydrogens is 192 g/mol. The first kappa shape index (κ1) is 9.89. The first-order valence-electron chi connectivity index (χ1n) is 6.29. The van der Waals surface area contributed by atoms with Crippen LogP contribution in [0.1, 0.15) is 49.7 Å². The minimum atomic E-state index is 0.720. The second-order valence-electron chi connectivity index (χ2n) is 5.17. The summed E-state index contributed by atoms with van der Waals surface area (Å²) < 4.78 is 0. The van der Waals surface area contributed by atoms with Crippen LogP contribution in [0.3, 0.4) is 0 Å². The minimum Gasteiger partial charge on any atom is -0.0616 e. The molecule has 0 bridgehead atoms. The minimum absolute atomic E-state index is 0.720. The molecule has 2 aromatic carbocycles. The van der Waals surface area contributed by atoms with Crippen molar-refractivity contribution < 1.29 is 0 Å². The summed E-state index contributed by atoms with van der Waals surface area (Å²) in [6.07, 6.45) is 2.68. The average molecular weight is 210 g/mol. The standard InChI is InChI=1S/C16H18/c1-11-7-8-12(2)16-14(11)10-9-13-5-3-4-6-15(13)16/h3-6,9-12H,7-8H2,1-2H3/t11-,12-/m0/s1. The van der Waals surface area contributed by atoms with Crippen molar-refractivity contribution in [2.24, 2.45) is 0 Å². The van der Waals surface area contributed by atoms with Crippen molar-refractivity contribution in [1.29, 1.82) is 0 Å². The normalized spacial score (nSPS) is 24.4. The fourth-order valence-electron chi connectivity index (χ4n) is 3.09. The van der Waals surface area contributed by atoms with Crippen LogP contribution in [0.5, 0.6) is 0 Å². The summed E-state index contributed by atoms with van der Waals surface area (Å²) in [7, 11) is 0. The number of hydrogen-bond acceptors (Lipinski definition) is 0. The van der Waals surface area contributed by atoms with Crippen molar-refractivity contribution in [2.75, 3.05) is 0 Å². The van der Waals surface area contributed by atoms with E-state index < -0.39 is 0 Å².